The molecule has 1 aromatic carbocycles. The summed E-state index contributed by atoms with van der Waals surface area (Å²) in [5, 5.41) is 8.76. The van der Waals surface area contributed by atoms with Gasteiger partial charge in [-0.05, 0) is 25.0 Å². The quantitative estimate of drug-likeness (QED) is 0.825. The lowest BCUT2D eigenvalue weighted by atomic mass is 9.99. The average molecular weight is 245 g/mol. The Morgan fingerprint density at radius 3 is 2.89 bits per heavy atom. The molecule has 0 saturated carbocycles. The molecule has 0 aliphatic carbocycles. The van der Waals surface area contributed by atoms with E-state index in [1.807, 2.05) is 24.3 Å². The van der Waals surface area contributed by atoms with Gasteiger partial charge >= 0.3 is 5.97 Å². The van der Waals surface area contributed by atoms with E-state index < -0.39 is 5.97 Å². The fourth-order valence-electron chi connectivity index (χ4n) is 1.98. The van der Waals surface area contributed by atoms with Crippen LogP contribution in [0.15, 0.2) is 35.9 Å². The Bertz CT molecular complexity index is 520. The summed E-state index contributed by atoms with van der Waals surface area (Å²) in [4.78, 5) is 24.5. The van der Waals surface area contributed by atoms with Crippen molar-refractivity contribution in [3.05, 3.63) is 47.0 Å². The highest BCUT2D eigenvalue weighted by atomic mass is 16.4. The lowest BCUT2D eigenvalue weighted by molar-refractivity contribution is -0.132. The van der Waals surface area contributed by atoms with Gasteiger partial charge in [-0.25, -0.2) is 4.79 Å². The minimum absolute atomic E-state index is 0.0220. The van der Waals surface area contributed by atoms with E-state index in [1.165, 1.54) is 6.92 Å². The number of amides is 1. The molecule has 2 rings (SSSR count). The highest BCUT2D eigenvalue weighted by Crippen LogP contribution is 2.18. The molecule has 0 spiro atoms. The van der Waals surface area contributed by atoms with Gasteiger partial charge in [0.05, 0.1) is 0 Å². The molecule has 1 N–H and O–H groups in total. The second-order valence-electron chi connectivity index (χ2n) is 4.35. The van der Waals surface area contributed by atoms with Gasteiger partial charge in [0.25, 0.3) is 5.91 Å². The maximum Gasteiger partial charge on any atom is 0.331 e. The van der Waals surface area contributed by atoms with Gasteiger partial charge in [-0.15, -0.1) is 0 Å². The molecular weight excluding hydrogens is 230 g/mol. The Hall–Kier alpha value is -2.10. The number of hydrogen-bond donors (Lipinski definition) is 1. The predicted octanol–water partition coefficient (Wildman–Crippen LogP) is 1.72. The summed E-state index contributed by atoms with van der Waals surface area (Å²) in [5.74, 6) is -0.967. The van der Waals surface area contributed by atoms with Gasteiger partial charge in [0.2, 0.25) is 0 Å². The number of aliphatic carboxylic acids is 1. The molecular formula is C14H15NO3. The second-order valence-corrected chi connectivity index (χ2v) is 4.35. The molecule has 0 atom stereocenters. The van der Waals surface area contributed by atoms with Crippen LogP contribution >= 0.6 is 0 Å². The van der Waals surface area contributed by atoms with Crippen LogP contribution in [-0.4, -0.2) is 35.0 Å². The largest absolute Gasteiger partial charge is 0.478 e. The molecule has 0 saturated heterocycles. The van der Waals surface area contributed by atoms with Crippen molar-refractivity contribution < 1.29 is 14.7 Å². The first-order valence-corrected chi connectivity index (χ1v) is 5.87. The van der Waals surface area contributed by atoms with E-state index in [9.17, 15) is 9.59 Å². The zero-order valence-electron chi connectivity index (χ0n) is 10.2. The van der Waals surface area contributed by atoms with Gasteiger partial charge in [-0.1, -0.05) is 24.3 Å². The van der Waals surface area contributed by atoms with Crippen molar-refractivity contribution in [1.29, 1.82) is 0 Å². The van der Waals surface area contributed by atoms with E-state index in [-0.39, 0.29) is 11.5 Å². The third-order valence-corrected chi connectivity index (χ3v) is 3.14. The van der Waals surface area contributed by atoms with E-state index in [0.717, 1.165) is 17.5 Å². The summed E-state index contributed by atoms with van der Waals surface area (Å²) in [6.07, 6.45) is 2.40. The Morgan fingerprint density at radius 1 is 1.44 bits per heavy atom. The molecule has 1 amide bonds. The normalized spacial score (nSPS) is 15.5. The van der Waals surface area contributed by atoms with Crippen LogP contribution in [-0.2, 0) is 11.2 Å². The number of carboxylic acid groups (broad SMARTS) is 1. The number of nitrogens with zero attached hydrogens (tertiary/aromatic N) is 1. The Balaban J connectivity index is 2.13. The smallest absolute Gasteiger partial charge is 0.331 e. The van der Waals surface area contributed by atoms with Crippen molar-refractivity contribution in [2.24, 2.45) is 0 Å². The number of carbonyl (C=O) groups is 2. The molecule has 18 heavy (non-hydrogen) atoms. The Morgan fingerprint density at radius 2 is 2.17 bits per heavy atom. The van der Waals surface area contributed by atoms with Crippen LogP contribution in [0.3, 0.4) is 0 Å². The molecule has 1 aromatic rings. The number of rotatable bonds is 3. The first-order valence-electron chi connectivity index (χ1n) is 5.87. The molecule has 0 radical (unpaired) electrons. The molecule has 0 bridgehead atoms. The highest BCUT2D eigenvalue weighted by molar-refractivity contribution is 5.97. The van der Waals surface area contributed by atoms with Crippen LogP contribution in [0.1, 0.15) is 22.8 Å². The van der Waals surface area contributed by atoms with Crippen LogP contribution in [0.2, 0.25) is 0 Å². The molecule has 1 aliphatic rings. The SMILES string of the molecule is CC(=CCN1CCc2ccccc2C1=O)C(=O)O. The van der Waals surface area contributed by atoms with Crippen molar-refractivity contribution in [2.75, 3.05) is 13.1 Å². The Labute approximate surface area is 106 Å². The summed E-state index contributed by atoms with van der Waals surface area (Å²) in [7, 11) is 0. The molecule has 94 valence electrons. The maximum atomic E-state index is 12.1. The minimum Gasteiger partial charge on any atom is -0.478 e. The first kappa shape index (κ1) is 12.4. The van der Waals surface area contributed by atoms with Crippen molar-refractivity contribution in [3.8, 4) is 0 Å². The van der Waals surface area contributed by atoms with Crippen molar-refractivity contribution >= 4 is 11.9 Å². The summed E-state index contributed by atoms with van der Waals surface area (Å²) < 4.78 is 0. The number of carboxylic acids is 1. The molecule has 1 aliphatic heterocycles. The number of fused-ring (bicyclic) bond motifs is 1. The van der Waals surface area contributed by atoms with Crippen molar-refractivity contribution in [2.45, 2.75) is 13.3 Å². The fourth-order valence-corrected chi connectivity index (χ4v) is 1.98. The van der Waals surface area contributed by atoms with Gasteiger partial charge in [-0.3, -0.25) is 4.79 Å². The van der Waals surface area contributed by atoms with E-state index in [0.29, 0.717) is 13.1 Å². The predicted molar refractivity (Wildman–Crippen MR) is 67.4 cm³/mol. The van der Waals surface area contributed by atoms with Crippen molar-refractivity contribution in [1.82, 2.24) is 4.90 Å². The third-order valence-electron chi connectivity index (χ3n) is 3.14. The zero-order valence-corrected chi connectivity index (χ0v) is 10.2. The van der Waals surface area contributed by atoms with Gasteiger partial charge < -0.3 is 10.0 Å². The minimum atomic E-state index is -0.945. The monoisotopic (exact) mass is 245 g/mol. The van der Waals surface area contributed by atoms with Crippen molar-refractivity contribution in [3.63, 3.8) is 0 Å². The van der Waals surface area contributed by atoms with Gasteiger partial charge in [0, 0.05) is 24.2 Å². The molecule has 0 unspecified atom stereocenters. The molecule has 0 aromatic heterocycles. The summed E-state index contributed by atoms with van der Waals surface area (Å²) in [6, 6.07) is 7.55. The summed E-state index contributed by atoms with van der Waals surface area (Å²) in [5.41, 5.74) is 2.06. The van der Waals surface area contributed by atoms with E-state index in [4.69, 9.17) is 5.11 Å². The standard InChI is InChI=1S/C14H15NO3/c1-10(14(17)18)6-8-15-9-7-11-4-2-3-5-12(11)13(15)16/h2-6H,7-9H2,1H3,(H,17,18). The number of benzene rings is 1. The highest BCUT2D eigenvalue weighted by Gasteiger charge is 2.22. The van der Waals surface area contributed by atoms with Gasteiger partial charge in [-0.2, -0.15) is 0 Å². The Kier molecular flexibility index (Phi) is 3.46. The maximum absolute atomic E-state index is 12.1. The first-order chi connectivity index (χ1) is 8.59. The van der Waals surface area contributed by atoms with E-state index in [2.05, 4.69) is 0 Å². The lowest BCUT2D eigenvalue weighted by Gasteiger charge is -2.27. The molecule has 0 fully saturated rings. The molecule has 4 nitrogen and oxygen atoms in total. The topological polar surface area (TPSA) is 57.6 Å². The summed E-state index contributed by atoms with van der Waals surface area (Å²) >= 11 is 0. The summed E-state index contributed by atoms with van der Waals surface area (Å²) in [6.45, 7) is 2.52. The average Bonchev–Trinajstić information content (AvgIpc) is 2.38. The van der Waals surface area contributed by atoms with Crippen LogP contribution < -0.4 is 0 Å². The van der Waals surface area contributed by atoms with Gasteiger partial charge in [0.15, 0.2) is 0 Å². The van der Waals surface area contributed by atoms with Crippen LogP contribution in [0.25, 0.3) is 0 Å². The zero-order chi connectivity index (χ0) is 13.1. The van der Waals surface area contributed by atoms with Gasteiger partial charge in [0.1, 0.15) is 0 Å². The van der Waals surface area contributed by atoms with Crippen LogP contribution in [0.5, 0.6) is 0 Å². The van der Waals surface area contributed by atoms with E-state index in [1.54, 1.807) is 11.0 Å². The fraction of sp³-hybridized carbons (Fsp3) is 0.286. The third kappa shape index (κ3) is 2.42. The number of hydrogen-bond acceptors (Lipinski definition) is 2. The number of carbonyl (C=O) groups excluding carboxylic acids is 1. The van der Waals surface area contributed by atoms with Crippen LogP contribution in [0.4, 0.5) is 0 Å². The van der Waals surface area contributed by atoms with E-state index >= 15 is 0 Å². The molecule has 4 heteroatoms. The lowest BCUT2D eigenvalue weighted by Crippen LogP contribution is -2.37. The molecule has 1 heterocycles. The van der Waals surface area contributed by atoms with Crippen LogP contribution in [0, 0.1) is 0 Å². The second kappa shape index (κ2) is 5.04.